The van der Waals surface area contributed by atoms with E-state index in [9.17, 15) is 9.59 Å². The van der Waals surface area contributed by atoms with Gasteiger partial charge in [0, 0.05) is 25.2 Å². The van der Waals surface area contributed by atoms with Gasteiger partial charge in [-0.3, -0.25) is 4.79 Å². The largest absolute Gasteiger partial charge is 0.493 e. The fourth-order valence-corrected chi connectivity index (χ4v) is 3.09. The number of aliphatic carboxylic acids is 1. The van der Waals surface area contributed by atoms with Crippen molar-refractivity contribution < 1.29 is 19.4 Å². The van der Waals surface area contributed by atoms with E-state index in [1.165, 1.54) is 0 Å². The summed E-state index contributed by atoms with van der Waals surface area (Å²) in [4.78, 5) is 25.0. The molecule has 1 fully saturated rings. The number of amides is 2. The van der Waals surface area contributed by atoms with Crippen LogP contribution in [0, 0.1) is 12.8 Å². The van der Waals surface area contributed by atoms with Gasteiger partial charge in [-0.2, -0.15) is 0 Å². The highest BCUT2D eigenvalue weighted by Crippen LogP contribution is 2.21. The van der Waals surface area contributed by atoms with Crippen molar-refractivity contribution in [1.29, 1.82) is 0 Å². The van der Waals surface area contributed by atoms with Crippen LogP contribution >= 0.6 is 0 Å². The lowest BCUT2D eigenvalue weighted by Crippen LogP contribution is -2.45. The highest BCUT2D eigenvalue weighted by atomic mass is 16.5. The summed E-state index contributed by atoms with van der Waals surface area (Å²) in [5, 5.41) is 12.0. The molecule has 0 atom stereocenters. The van der Waals surface area contributed by atoms with E-state index in [2.05, 4.69) is 12.2 Å². The van der Waals surface area contributed by atoms with Crippen molar-refractivity contribution in [1.82, 2.24) is 10.2 Å². The van der Waals surface area contributed by atoms with Crippen molar-refractivity contribution in [3.05, 3.63) is 29.3 Å². The third-order valence-electron chi connectivity index (χ3n) is 4.79. The molecule has 1 saturated heterocycles. The average Bonchev–Trinajstić information content (AvgIpc) is 2.64. The van der Waals surface area contributed by atoms with E-state index in [4.69, 9.17) is 9.84 Å². The van der Waals surface area contributed by atoms with Crippen LogP contribution in [0.2, 0.25) is 0 Å². The number of piperidine rings is 1. The first-order valence-corrected chi connectivity index (χ1v) is 9.49. The van der Waals surface area contributed by atoms with Crippen LogP contribution in [0.3, 0.4) is 0 Å². The highest BCUT2D eigenvalue weighted by molar-refractivity contribution is 5.75. The van der Waals surface area contributed by atoms with Gasteiger partial charge < -0.3 is 20.1 Å². The van der Waals surface area contributed by atoms with Gasteiger partial charge in [0.2, 0.25) is 0 Å². The number of likely N-dealkylation sites (tertiary alicyclic amines) is 1. The van der Waals surface area contributed by atoms with Crippen LogP contribution < -0.4 is 10.1 Å². The van der Waals surface area contributed by atoms with Crippen molar-refractivity contribution >= 4 is 12.0 Å². The number of carboxylic acid groups (broad SMARTS) is 1. The molecule has 6 heteroatoms. The molecule has 0 aliphatic carbocycles. The Bertz CT molecular complexity index is 610. The molecule has 2 rings (SSSR count). The molecule has 26 heavy (non-hydrogen) atoms. The molecule has 1 aromatic carbocycles. The lowest BCUT2D eigenvalue weighted by Gasteiger charge is -2.30. The lowest BCUT2D eigenvalue weighted by molar-refractivity contribution is -0.143. The number of hydrogen-bond acceptors (Lipinski definition) is 3. The number of carbonyl (C=O) groups excluding carboxylic acids is 1. The Labute approximate surface area is 155 Å². The second kappa shape index (κ2) is 10.0. The molecule has 144 valence electrons. The van der Waals surface area contributed by atoms with Crippen LogP contribution in [0.5, 0.6) is 5.75 Å². The van der Waals surface area contributed by atoms with Gasteiger partial charge in [0.05, 0.1) is 12.5 Å². The first kappa shape index (κ1) is 20.1. The number of hydrogen-bond donors (Lipinski definition) is 2. The number of aryl methyl sites for hydroxylation is 1. The van der Waals surface area contributed by atoms with Crippen molar-refractivity contribution in [3.63, 3.8) is 0 Å². The Kier molecular flexibility index (Phi) is 7.75. The van der Waals surface area contributed by atoms with Crippen LogP contribution in [-0.4, -0.2) is 41.7 Å². The second-order valence-corrected chi connectivity index (χ2v) is 6.93. The van der Waals surface area contributed by atoms with Gasteiger partial charge >= 0.3 is 12.0 Å². The van der Waals surface area contributed by atoms with Crippen molar-refractivity contribution in [2.45, 2.75) is 52.5 Å². The Morgan fingerprint density at radius 1 is 1.27 bits per heavy atom. The standard InChI is InChI=1S/C20H30N2O4/c1-3-4-5-12-26-18-13-15(2)6-7-17(18)14-21-20(25)22-10-8-16(9-11-22)19(23)24/h6-7,13,16H,3-5,8-12,14H2,1-2H3,(H,21,25)(H,23,24). The SMILES string of the molecule is CCCCCOc1cc(C)ccc1CNC(=O)N1CCC(C(=O)O)CC1. The second-order valence-electron chi connectivity index (χ2n) is 6.93. The van der Waals surface area contributed by atoms with Crippen molar-refractivity contribution in [2.24, 2.45) is 5.92 Å². The maximum Gasteiger partial charge on any atom is 0.317 e. The van der Waals surface area contributed by atoms with E-state index in [0.717, 1.165) is 36.1 Å². The van der Waals surface area contributed by atoms with Crippen LogP contribution in [-0.2, 0) is 11.3 Å². The molecule has 6 nitrogen and oxygen atoms in total. The number of rotatable bonds is 8. The Balaban J connectivity index is 1.86. The van der Waals surface area contributed by atoms with E-state index in [-0.39, 0.29) is 11.9 Å². The topological polar surface area (TPSA) is 78.9 Å². The number of ether oxygens (including phenoxy) is 1. The van der Waals surface area contributed by atoms with Crippen molar-refractivity contribution in [2.75, 3.05) is 19.7 Å². The maximum absolute atomic E-state index is 12.4. The fraction of sp³-hybridized carbons (Fsp3) is 0.600. The highest BCUT2D eigenvalue weighted by Gasteiger charge is 2.26. The van der Waals surface area contributed by atoms with Crippen LogP contribution in [0.25, 0.3) is 0 Å². The molecule has 0 radical (unpaired) electrons. The molecule has 1 aromatic rings. The summed E-state index contributed by atoms with van der Waals surface area (Å²) in [6.45, 7) is 6.23. The summed E-state index contributed by atoms with van der Waals surface area (Å²) in [6, 6.07) is 5.86. The smallest absolute Gasteiger partial charge is 0.317 e. The van der Waals surface area contributed by atoms with Gasteiger partial charge in [0.15, 0.2) is 0 Å². The van der Waals surface area contributed by atoms with E-state index < -0.39 is 5.97 Å². The summed E-state index contributed by atoms with van der Waals surface area (Å²) in [5.74, 6) is -0.278. The molecule has 0 saturated carbocycles. The molecule has 0 unspecified atom stereocenters. The minimum absolute atomic E-state index is 0.147. The van der Waals surface area contributed by atoms with Gasteiger partial charge in [-0.15, -0.1) is 0 Å². The zero-order chi connectivity index (χ0) is 18.9. The molecular formula is C20H30N2O4. The lowest BCUT2D eigenvalue weighted by atomic mass is 9.97. The first-order chi connectivity index (χ1) is 12.5. The Hall–Kier alpha value is -2.24. The van der Waals surface area contributed by atoms with Crippen LogP contribution in [0.1, 0.15) is 50.2 Å². The van der Waals surface area contributed by atoms with E-state index in [0.29, 0.717) is 39.1 Å². The average molecular weight is 362 g/mol. The molecule has 2 N–H and O–H groups in total. The first-order valence-electron chi connectivity index (χ1n) is 9.49. The summed E-state index contributed by atoms with van der Waals surface area (Å²) in [7, 11) is 0. The minimum atomic E-state index is -0.769. The number of benzene rings is 1. The quantitative estimate of drug-likeness (QED) is 0.693. The molecule has 0 aromatic heterocycles. The van der Waals surface area contributed by atoms with Gasteiger partial charge in [-0.25, -0.2) is 4.79 Å². The zero-order valence-electron chi connectivity index (χ0n) is 15.8. The number of urea groups is 1. The van der Waals surface area contributed by atoms with Gasteiger partial charge in [-0.05, 0) is 37.8 Å². The van der Waals surface area contributed by atoms with E-state index >= 15 is 0 Å². The Morgan fingerprint density at radius 2 is 2.00 bits per heavy atom. The third kappa shape index (κ3) is 5.93. The summed E-state index contributed by atoms with van der Waals surface area (Å²) >= 11 is 0. The third-order valence-corrected chi connectivity index (χ3v) is 4.79. The number of carboxylic acids is 1. The number of carbonyl (C=O) groups is 2. The number of nitrogens with one attached hydrogen (secondary N) is 1. The molecule has 0 spiro atoms. The summed E-state index contributed by atoms with van der Waals surface area (Å²) in [5.41, 5.74) is 2.09. The van der Waals surface area contributed by atoms with E-state index in [1.807, 2.05) is 25.1 Å². The zero-order valence-corrected chi connectivity index (χ0v) is 15.8. The van der Waals surface area contributed by atoms with Gasteiger partial charge in [0.25, 0.3) is 0 Å². The molecule has 0 bridgehead atoms. The number of nitrogens with zero attached hydrogens (tertiary/aromatic N) is 1. The predicted molar refractivity (Wildman–Crippen MR) is 100 cm³/mol. The fourth-order valence-electron chi connectivity index (χ4n) is 3.09. The molecule has 1 aliphatic rings. The molecule has 1 heterocycles. The minimum Gasteiger partial charge on any atom is -0.493 e. The predicted octanol–water partition coefficient (Wildman–Crippen LogP) is 3.57. The van der Waals surface area contributed by atoms with Crippen LogP contribution in [0.4, 0.5) is 4.79 Å². The van der Waals surface area contributed by atoms with Crippen molar-refractivity contribution in [3.8, 4) is 5.75 Å². The molecular weight excluding hydrogens is 332 g/mol. The monoisotopic (exact) mass is 362 g/mol. The van der Waals surface area contributed by atoms with Crippen LogP contribution in [0.15, 0.2) is 18.2 Å². The molecule has 2 amide bonds. The Morgan fingerprint density at radius 3 is 2.65 bits per heavy atom. The summed E-state index contributed by atoms with van der Waals surface area (Å²) < 4.78 is 5.91. The number of unbranched alkanes of at least 4 members (excludes halogenated alkanes) is 2. The molecule has 1 aliphatic heterocycles. The maximum atomic E-state index is 12.4. The van der Waals surface area contributed by atoms with E-state index in [1.54, 1.807) is 4.90 Å². The summed E-state index contributed by atoms with van der Waals surface area (Å²) in [6.07, 6.45) is 4.34. The van der Waals surface area contributed by atoms with Gasteiger partial charge in [0.1, 0.15) is 5.75 Å². The normalized spacial score (nSPS) is 14.9. The van der Waals surface area contributed by atoms with Gasteiger partial charge in [-0.1, -0.05) is 31.9 Å².